The maximum absolute atomic E-state index is 11.9. The molecule has 7 nitrogen and oxygen atoms in total. The summed E-state index contributed by atoms with van der Waals surface area (Å²) in [5, 5.41) is 5.86. The number of primary amides is 1. The van der Waals surface area contributed by atoms with Gasteiger partial charge in [0.15, 0.2) is 0 Å². The monoisotopic (exact) mass is 429 g/mol. The van der Waals surface area contributed by atoms with Crippen LogP contribution in [-0.4, -0.2) is 44.3 Å². The highest BCUT2D eigenvalue weighted by Gasteiger charge is 2.22. The standard InChI is InChI=1S/C20H23N5O2S2/c1-12-14(19(21)27)9-17(25(12)8-4-7-24-6-3-5-18(24)26)15-10-29-20(23-15)16-11-28-13(2)22-16/h9-11H,3-8H2,1-2H3,(H2,21,27). The second-order valence-electron chi connectivity index (χ2n) is 7.17. The lowest BCUT2D eigenvalue weighted by Gasteiger charge is -2.17. The van der Waals surface area contributed by atoms with E-state index in [1.54, 1.807) is 11.3 Å². The van der Waals surface area contributed by atoms with Crippen LogP contribution in [0.25, 0.3) is 22.1 Å². The quantitative estimate of drug-likeness (QED) is 0.622. The highest BCUT2D eigenvalue weighted by molar-refractivity contribution is 7.14. The number of thiazole rings is 2. The number of carbonyl (C=O) groups is 2. The Morgan fingerprint density at radius 2 is 1.97 bits per heavy atom. The predicted molar refractivity (Wildman–Crippen MR) is 115 cm³/mol. The van der Waals surface area contributed by atoms with E-state index in [4.69, 9.17) is 10.7 Å². The number of hydrogen-bond acceptors (Lipinski definition) is 6. The number of aryl methyl sites for hydroxylation is 1. The average Bonchev–Trinajstić information content (AvgIpc) is 3.44. The van der Waals surface area contributed by atoms with E-state index in [2.05, 4.69) is 9.55 Å². The van der Waals surface area contributed by atoms with E-state index < -0.39 is 5.91 Å². The fourth-order valence-corrected chi connectivity index (χ4v) is 5.17. The van der Waals surface area contributed by atoms with Crippen molar-refractivity contribution in [1.29, 1.82) is 0 Å². The van der Waals surface area contributed by atoms with Crippen molar-refractivity contribution >= 4 is 34.5 Å². The molecule has 2 N–H and O–H groups in total. The summed E-state index contributed by atoms with van der Waals surface area (Å²) in [5.41, 5.74) is 9.49. The first-order valence-corrected chi connectivity index (χ1v) is 11.4. The number of rotatable bonds is 7. The Morgan fingerprint density at radius 3 is 2.62 bits per heavy atom. The first-order chi connectivity index (χ1) is 13.9. The Bertz CT molecular complexity index is 1070. The van der Waals surface area contributed by atoms with Crippen LogP contribution in [-0.2, 0) is 11.3 Å². The Kier molecular flexibility index (Phi) is 5.51. The van der Waals surface area contributed by atoms with Crippen LogP contribution in [0.3, 0.4) is 0 Å². The van der Waals surface area contributed by atoms with Crippen molar-refractivity contribution in [2.45, 2.75) is 39.7 Å². The van der Waals surface area contributed by atoms with Gasteiger partial charge in [0.05, 0.1) is 22.0 Å². The molecule has 0 unspecified atom stereocenters. The van der Waals surface area contributed by atoms with Gasteiger partial charge in [-0.1, -0.05) is 0 Å². The smallest absolute Gasteiger partial charge is 0.250 e. The number of likely N-dealkylation sites (tertiary alicyclic amines) is 1. The lowest BCUT2D eigenvalue weighted by atomic mass is 10.2. The van der Waals surface area contributed by atoms with Crippen LogP contribution >= 0.6 is 22.7 Å². The molecule has 0 atom stereocenters. The minimum atomic E-state index is -0.442. The first kappa shape index (κ1) is 19.8. The SMILES string of the molecule is Cc1nc(-c2nc(-c3cc(C(N)=O)c(C)n3CCCN3CCCC3=O)cs2)cs1. The van der Waals surface area contributed by atoms with Crippen molar-refractivity contribution in [2.24, 2.45) is 5.73 Å². The molecule has 3 aromatic rings. The zero-order valence-electron chi connectivity index (χ0n) is 16.5. The maximum Gasteiger partial charge on any atom is 0.250 e. The Labute approximate surface area is 177 Å². The molecule has 0 bridgehead atoms. The largest absolute Gasteiger partial charge is 0.366 e. The van der Waals surface area contributed by atoms with E-state index in [0.29, 0.717) is 18.5 Å². The Balaban J connectivity index is 1.60. The summed E-state index contributed by atoms with van der Waals surface area (Å²) >= 11 is 3.14. The van der Waals surface area contributed by atoms with Crippen molar-refractivity contribution in [1.82, 2.24) is 19.4 Å². The van der Waals surface area contributed by atoms with E-state index in [1.807, 2.05) is 35.6 Å². The third-order valence-corrected chi connectivity index (χ3v) is 6.86. The van der Waals surface area contributed by atoms with Gasteiger partial charge < -0.3 is 15.2 Å². The van der Waals surface area contributed by atoms with Crippen molar-refractivity contribution in [3.63, 3.8) is 0 Å². The van der Waals surface area contributed by atoms with Crippen molar-refractivity contribution in [3.8, 4) is 22.1 Å². The summed E-state index contributed by atoms with van der Waals surface area (Å²) in [5.74, 6) is -0.210. The average molecular weight is 430 g/mol. The van der Waals surface area contributed by atoms with Crippen LogP contribution < -0.4 is 5.73 Å². The number of amides is 2. The summed E-state index contributed by atoms with van der Waals surface area (Å²) in [6, 6.07) is 1.82. The molecule has 4 heterocycles. The number of carbonyl (C=O) groups excluding carboxylic acids is 2. The molecule has 1 aliphatic rings. The van der Waals surface area contributed by atoms with Gasteiger partial charge in [-0.25, -0.2) is 9.97 Å². The Morgan fingerprint density at radius 1 is 1.17 bits per heavy atom. The maximum atomic E-state index is 11.9. The van der Waals surface area contributed by atoms with E-state index in [9.17, 15) is 9.59 Å². The fourth-order valence-electron chi connectivity index (χ4n) is 3.73. The molecule has 2 amide bonds. The highest BCUT2D eigenvalue weighted by Crippen LogP contribution is 2.32. The van der Waals surface area contributed by atoms with Gasteiger partial charge in [0.2, 0.25) is 5.91 Å². The summed E-state index contributed by atoms with van der Waals surface area (Å²) in [6.45, 7) is 6.14. The van der Waals surface area contributed by atoms with Gasteiger partial charge in [-0.05, 0) is 32.8 Å². The molecule has 3 aromatic heterocycles. The van der Waals surface area contributed by atoms with Gasteiger partial charge in [-0.15, -0.1) is 22.7 Å². The Hall–Kier alpha value is -2.52. The normalized spacial score (nSPS) is 14.1. The van der Waals surface area contributed by atoms with Crippen LogP contribution in [0.2, 0.25) is 0 Å². The van der Waals surface area contributed by atoms with Gasteiger partial charge >= 0.3 is 0 Å². The lowest BCUT2D eigenvalue weighted by molar-refractivity contribution is -0.127. The van der Waals surface area contributed by atoms with E-state index in [1.165, 1.54) is 11.3 Å². The molecule has 0 saturated carbocycles. The van der Waals surface area contributed by atoms with Crippen molar-refractivity contribution < 1.29 is 9.59 Å². The molecule has 29 heavy (non-hydrogen) atoms. The molecule has 4 rings (SSSR count). The summed E-state index contributed by atoms with van der Waals surface area (Å²) in [7, 11) is 0. The van der Waals surface area contributed by atoms with Crippen LogP contribution in [0.15, 0.2) is 16.8 Å². The molecule has 0 aliphatic carbocycles. The zero-order chi connectivity index (χ0) is 20.5. The molecule has 9 heteroatoms. The second kappa shape index (κ2) is 8.08. The molecule has 0 radical (unpaired) electrons. The minimum Gasteiger partial charge on any atom is -0.366 e. The number of nitrogens with two attached hydrogens (primary N) is 1. The van der Waals surface area contributed by atoms with E-state index in [-0.39, 0.29) is 5.91 Å². The third-order valence-electron chi connectivity index (χ3n) is 5.22. The van der Waals surface area contributed by atoms with Crippen molar-refractivity contribution in [3.05, 3.63) is 33.1 Å². The molecule has 152 valence electrons. The number of hydrogen-bond donors (Lipinski definition) is 1. The van der Waals surface area contributed by atoms with Gasteiger partial charge in [0.25, 0.3) is 5.91 Å². The molecule has 1 saturated heterocycles. The van der Waals surface area contributed by atoms with Gasteiger partial charge in [0, 0.05) is 42.5 Å². The van der Waals surface area contributed by atoms with Gasteiger partial charge in [0.1, 0.15) is 10.7 Å². The van der Waals surface area contributed by atoms with Crippen molar-refractivity contribution in [2.75, 3.05) is 13.1 Å². The zero-order valence-corrected chi connectivity index (χ0v) is 18.1. The lowest BCUT2D eigenvalue weighted by Crippen LogP contribution is -2.26. The third kappa shape index (κ3) is 3.97. The first-order valence-electron chi connectivity index (χ1n) is 9.60. The summed E-state index contributed by atoms with van der Waals surface area (Å²) in [4.78, 5) is 34.9. The number of nitrogens with zero attached hydrogens (tertiary/aromatic N) is 4. The van der Waals surface area contributed by atoms with Gasteiger partial charge in [-0.2, -0.15) is 0 Å². The summed E-state index contributed by atoms with van der Waals surface area (Å²) < 4.78 is 2.09. The summed E-state index contributed by atoms with van der Waals surface area (Å²) in [6.07, 6.45) is 2.40. The minimum absolute atomic E-state index is 0.231. The van der Waals surface area contributed by atoms with Crippen LogP contribution in [0, 0.1) is 13.8 Å². The highest BCUT2D eigenvalue weighted by atomic mass is 32.1. The topological polar surface area (TPSA) is 94.1 Å². The van der Waals surface area contributed by atoms with E-state index in [0.717, 1.165) is 58.7 Å². The van der Waals surface area contributed by atoms with E-state index >= 15 is 0 Å². The predicted octanol–water partition coefficient (Wildman–Crippen LogP) is 3.46. The second-order valence-corrected chi connectivity index (χ2v) is 9.09. The molecule has 0 aromatic carbocycles. The van der Waals surface area contributed by atoms with Gasteiger partial charge in [-0.3, -0.25) is 9.59 Å². The van der Waals surface area contributed by atoms with Crippen LogP contribution in [0.4, 0.5) is 0 Å². The molecule has 1 aliphatic heterocycles. The van der Waals surface area contributed by atoms with Crippen LogP contribution in [0.1, 0.15) is 40.3 Å². The molecular formula is C20H23N5O2S2. The molecule has 1 fully saturated rings. The van der Waals surface area contributed by atoms with Crippen LogP contribution in [0.5, 0.6) is 0 Å². The molecular weight excluding hydrogens is 406 g/mol. The molecule has 0 spiro atoms. The number of aromatic nitrogens is 3. The fraction of sp³-hybridized carbons (Fsp3) is 0.400.